The molecule has 0 spiro atoms. The number of carbonyl (C=O) groups excluding carboxylic acids is 1. The molecule has 0 aromatic heterocycles. The molecule has 0 heterocycles. The van der Waals surface area contributed by atoms with Crippen molar-refractivity contribution in [3.63, 3.8) is 0 Å². The minimum Gasteiger partial charge on any atom is -0.489 e. The first-order valence-corrected chi connectivity index (χ1v) is 6.58. The molecule has 3 N–H and O–H groups in total. The Bertz CT molecular complexity index is 767. The average molecular weight is 312 g/mol. The number of primary amides is 1. The highest BCUT2D eigenvalue weighted by molar-refractivity contribution is 5.81. The lowest BCUT2D eigenvalue weighted by Crippen LogP contribution is -2.24. The Morgan fingerprint density at radius 2 is 2.09 bits per heavy atom. The maximum absolute atomic E-state index is 13.7. The molecule has 0 fully saturated rings. The van der Waals surface area contributed by atoms with Gasteiger partial charge in [0.15, 0.2) is 0 Å². The molecular formula is C16H13FN4O2. The summed E-state index contributed by atoms with van der Waals surface area (Å²) in [5, 5.41) is 12.3. The van der Waals surface area contributed by atoms with Crippen molar-refractivity contribution in [2.45, 2.75) is 6.61 Å². The molecule has 6 nitrogen and oxygen atoms in total. The zero-order valence-corrected chi connectivity index (χ0v) is 12.0. The zero-order chi connectivity index (χ0) is 16.7. The molecule has 2 aromatic rings. The van der Waals surface area contributed by atoms with Crippen LogP contribution in [0, 0.1) is 17.1 Å². The maximum Gasteiger partial charge on any atom is 0.332 e. The first kappa shape index (κ1) is 16.0. The van der Waals surface area contributed by atoms with Gasteiger partial charge < -0.3 is 10.5 Å². The summed E-state index contributed by atoms with van der Waals surface area (Å²) >= 11 is 0. The fourth-order valence-electron chi connectivity index (χ4n) is 1.72. The summed E-state index contributed by atoms with van der Waals surface area (Å²) < 4.78 is 19.2. The Morgan fingerprint density at radius 3 is 2.70 bits per heavy atom. The van der Waals surface area contributed by atoms with E-state index in [2.05, 4.69) is 10.5 Å². The zero-order valence-electron chi connectivity index (χ0n) is 12.0. The van der Waals surface area contributed by atoms with Crippen molar-refractivity contribution in [2.75, 3.05) is 0 Å². The molecular weight excluding hydrogens is 299 g/mol. The van der Waals surface area contributed by atoms with Crippen molar-refractivity contribution >= 4 is 12.2 Å². The van der Waals surface area contributed by atoms with E-state index < -0.39 is 11.8 Å². The van der Waals surface area contributed by atoms with Crippen LogP contribution in [0.3, 0.4) is 0 Å². The van der Waals surface area contributed by atoms with Crippen molar-refractivity contribution < 1.29 is 13.9 Å². The van der Waals surface area contributed by atoms with E-state index in [9.17, 15) is 9.18 Å². The summed E-state index contributed by atoms with van der Waals surface area (Å²) in [5.74, 6) is 0.0686. The van der Waals surface area contributed by atoms with Gasteiger partial charge in [0.1, 0.15) is 18.2 Å². The van der Waals surface area contributed by atoms with Gasteiger partial charge in [-0.1, -0.05) is 6.07 Å². The predicted molar refractivity (Wildman–Crippen MR) is 82.2 cm³/mol. The van der Waals surface area contributed by atoms with Gasteiger partial charge in [0.2, 0.25) is 0 Å². The summed E-state index contributed by atoms with van der Waals surface area (Å²) in [7, 11) is 0. The lowest BCUT2D eigenvalue weighted by Gasteiger charge is -2.07. The summed E-state index contributed by atoms with van der Waals surface area (Å²) in [4.78, 5) is 10.5. The van der Waals surface area contributed by atoms with Crippen LogP contribution < -0.4 is 15.9 Å². The number of nitriles is 1. The van der Waals surface area contributed by atoms with Crippen molar-refractivity contribution in [3.05, 3.63) is 65.0 Å². The topological polar surface area (TPSA) is 100 Å². The second-order valence-corrected chi connectivity index (χ2v) is 4.51. The molecule has 0 atom stereocenters. The quantitative estimate of drug-likeness (QED) is 0.654. The highest BCUT2D eigenvalue weighted by Crippen LogP contribution is 2.16. The number of urea groups is 1. The van der Waals surface area contributed by atoms with Crippen molar-refractivity contribution in [1.82, 2.24) is 5.43 Å². The number of hydrogen-bond donors (Lipinski definition) is 2. The lowest BCUT2D eigenvalue weighted by molar-refractivity contribution is 0.249. The normalized spacial score (nSPS) is 10.3. The predicted octanol–water partition coefficient (Wildman–Crippen LogP) is 2.28. The Balaban J connectivity index is 1.95. The van der Waals surface area contributed by atoms with Crippen molar-refractivity contribution in [1.29, 1.82) is 5.26 Å². The highest BCUT2D eigenvalue weighted by atomic mass is 19.1. The summed E-state index contributed by atoms with van der Waals surface area (Å²) in [5.41, 5.74) is 8.31. The van der Waals surface area contributed by atoms with E-state index in [0.29, 0.717) is 11.3 Å². The molecule has 0 aliphatic rings. The molecule has 0 aliphatic heterocycles. The molecule has 0 aliphatic carbocycles. The molecule has 0 saturated carbocycles. The molecule has 0 bridgehead atoms. The number of nitrogens with two attached hydrogens (primary N) is 1. The van der Waals surface area contributed by atoms with Gasteiger partial charge in [-0.3, -0.25) is 0 Å². The summed E-state index contributed by atoms with van der Waals surface area (Å²) in [6.07, 6.45) is 1.43. The molecule has 116 valence electrons. The number of hydrazone groups is 1. The largest absolute Gasteiger partial charge is 0.489 e. The lowest BCUT2D eigenvalue weighted by atomic mass is 10.1. The van der Waals surface area contributed by atoms with E-state index in [0.717, 1.165) is 5.56 Å². The SMILES string of the molecule is N#Cc1ccc(COc2ccc(C=NNC(N)=O)cc2)c(F)c1. The van der Waals surface area contributed by atoms with Crippen LogP contribution >= 0.6 is 0 Å². The molecule has 0 saturated heterocycles. The average Bonchev–Trinajstić information content (AvgIpc) is 2.54. The van der Waals surface area contributed by atoms with Crippen molar-refractivity contribution in [2.24, 2.45) is 10.8 Å². The van der Waals surface area contributed by atoms with Gasteiger partial charge in [-0.25, -0.2) is 14.6 Å². The number of nitrogens with one attached hydrogen (secondary N) is 1. The number of nitrogens with zero attached hydrogens (tertiary/aromatic N) is 2. The summed E-state index contributed by atoms with van der Waals surface area (Å²) in [6.45, 7) is 0.0498. The number of benzene rings is 2. The van der Waals surface area contributed by atoms with Crippen LogP contribution in [-0.4, -0.2) is 12.2 Å². The summed E-state index contributed by atoms with van der Waals surface area (Å²) in [6, 6.07) is 12.2. The first-order valence-electron chi connectivity index (χ1n) is 6.58. The second kappa shape index (κ2) is 7.56. The third kappa shape index (κ3) is 4.82. The highest BCUT2D eigenvalue weighted by Gasteiger charge is 2.04. The van der Waals surface area contributed by atoms with Gasteiger partial charge in [0.25, 0.3) is 0 Å². The van der Waals surface area contributed by atoms with Gasteiger partial charge >= 0.3 is 6.03 Å². The Hall–Kier alpha value is -3.40. The van der Waals surface area contributed by atoms with Crippen LogP contribution in [0.4, 0.5) is 9.18 Å². The molecule has 23 heavy (non-hydrogen) atoms. The van der Waals surface area contributed by atoms with E-state index in [1.807, 2.05) is 6.07 Å². The Morgan fingerprint density at radius 1 is 1.35 bits per heavy atom. The van der Waals surface area contributed by atoms with E-state index in [4.69, 9.17) is 15.7 Å². The fraction of sp³-hybridized carbons (Fsp3) is 0.0625. The molecule has 0 unspecified atom stereocenters. The van der Waals surface area contributed by atoms with Gasteiger partial charge in [0.05, 0.1) is 17.8 Å². The number of halogens is 1. The number of hydrogen-bond acceptors (Lipinski definition) is 4. The van der Waals surface area contributed by atoms with E-state index in [-0.39, 0.29) is 12.2 Å². The molecule has 2 aromatic carbocycles. The standard InChI is InChI=1S/C16H13FN4O2/c17-15-7-12(8-18)1-4-13(15)10-23-14-5-2-11(3-6-14)9-20-21-16(19)22/h1-7,9H,10H2,(H3,19,21,22). The third-order valence-corrected chi connectivity index (χ3v) is 2.84. The van der Waals surface area contributed by atoms with E-state index in [1.54, 1.807) is 24.3 Å². The minimum absolute atomic E-state index is 0.0498. The van der Waals surface area contributed by atoms with Crippen LogP contribution in [0.15, 0.2) is 47.6 Å². The first-order chi connectivity index (χ1) is 11.1. The van der Waals surface area contributed by atoms with E-state index >= 15 is 0 Å². The van der Waals surface area contributed by atoms with E-state index in [1.165, 1.54) is 24.4 Å². The molecule has 2 amide bonds. The fourth-order valence-corrected chi connectivity index (χ4v) is 1.72. The molecule has 2 rings (SSSR count). The molecule has 0 radical (unpaired) electrons. The van der Waals surface area contributed by atoms with Crippen LogP contribution in [0.25, 0.3) is 0 Å². The third-order valence-electron chi connectivity index (χ3n) is 2.84. The van der Waals surface area contributed by atoms with Gasteiger partial charge in [-0.05, 0) is 42.0 Å². The van der Waals surface area contributed by atoms with Crippen LogP contribution in [0.2, 0.25) is 0 Å². The monoisotopic (exact) mass is 312 g/mol. The number of ether oxygens (including phenoxy) is 1. The Kier molecular flexibility index (Phi) is 5.25. The second-order valence-electron chi connectivity index (χ2n) is 4.51. The maximum atomic E-state index is 13.7. The van der Waals surface area contributed by atoms with Crippen LogP contribution in [0.1, 0.15) is 16.7 Å². The van der Waals surface area contributed by atoms with Gasteiger partial charge in [-0.2, -0.15) is 10.4 Å². The Labute approximate surface area is 132 Å². The number of rotatable bonds is 5. The minimum atomic E-state index is -0.745. The van der Waals surface area contributed by atoms with Gasteiger partial charge in [0, 0.05) is 5.56 Å². The smallest absolute Gasteiger partial charge is 0.332 e. The molecule has 7 heteroatoms. The van der Waals surface area contributed by atoms with Crippen LogP contribution in [0.5, 0.6) is 5.75 Å². The van der Waals surface area contributed by atoms with Gasteiger partial charge in [-0.15, -0.1) is 0 Å². The van der Waals surface area contributed by atoms with Crippen LogP contribution in [-0.2, 0) is 6.61 Å². The number of carbonyl (C=O) groups is 1. The van der Waals surface area contributed by atoms with Crippen molar-refractivity contribution in [3.8, 4) is 11.8 Å². The number of amides is 2.